The zero-order valence-corrected chi connectivity index (χ0v) is 17.8. The summed E-state index contributed by atoms with van der Waals surface area (Å²) in [5.41, 5.74) is 0.126. The van der Waals surface area contributed by atoms with Crippen LogP contribution in [0.15, 0.2) is 55.0 Å². The van der Waals surface area contributed by atoms with Gasteiger partial charge in [-0.3, -0.25) is 4.98 Å². The van der Waals surface area contributed by atoms with Crippen molar-refractivity contribution in [3.63, 3.8) is 0 Å². The third kappa shape index (κ3) is 5.23. The largest absolute Gasteiger partial charge is 0.490 e. The van der Waals surface area contributed by atoms with Crippen LogP contribution in [0.2, 0.25) is 0 Å². The van der Waals surface area contributed by atoms with E-state index in [-0.39, 0.29) is 11.7 Å². The Balaban J connectivity index is 1.43. The number of aromatic nitrogens is 3. The molecule has 1 fully saturated rings. The first-order valence-corrected chi connectivity index (χ1v) is 10.5. The molecule has 32 heavy (non-hydrogen) atoms. The topological polar surface area (TPSA) is 110 Å². The first kappa shape index (κ1) is 21.4. The van der Waals surface area contributed by atoms with Crippen LogP contribution in [0.3, 0.4) is 0 Å². The Morgan fingerprint density at radius 3 is 2.75 bits per heavy atom. The molecule has 0 amide bonds. The molecule has 1 saturated heterocycles. The molecule has 0 bridgehead atoms. The molecule has 0 spiro atoms. The van der Waals surface area contributed by atoms with Crippen LogP contribution in [0.1, 0.15) is 30.1 Å². The normalized spacial score (nSPS) is 15.8. The number of pyridine rings is 1. The highest BCUT2D eigenvalue weighted by Crippen LogP contribution is 2.30. The second-order valence-electron chi connectivity index (χ2n) is 7.33. The van der Waals surface area contributed by atoms with E-state index in [0.717, 1.165) is 36.7 Å². The Labute approximate surface area is 186 Å². The number of ether oxygens (including phenoxy) is 2. The number of hydrogen-bond acceptors (Lipinski definition) is 8. The van der Waals surface area contributed by atoms with Crippen molar-refractivity contribution in [2.75, 3.05) is 29.9 Å². The van der Waals surface area contributed by atoms with Crippen LogP contribution >= 0.6 is 0 Å². The molecule has 3 aromatic rings. The van der Waals surface area contributed by atoms with Crippen molar-refractivity contribution in [1.29, 1.82) is 0 Å². The summed E-state index contributed by atoms with van der Waals surface area (Å²) in [6.45, 7) is 4.08. The third-order valence-corrected chi connectivity index (χ3v) is 5.03. The summed E-state index contributed by atoms with van der Waals surface area (Å²) < 4.78 is 11.9. The Hall–Kier alpha value is -3.88. The number of carboxylic acid groups (broad SMARTS) is 1. The number of aromatic carboxylic acids is 1. The summed E-state index contributed by atoms with van der Waals surface area (Å²) in [7, 11) is 0. The van der Waals surface area contributed by atoms with Crippen molar-refractivity contribution in [3.05, 3.63) is 60.6 Å². The molecule has 0 saturated carbocycles. The number of benzene rings is 1. The van der Waals surface area contributed by atoms with Gasteiger partial charge in [-0.1, -0.05) is 12.1 Å². The number of nitrogens with one attached hydrogen (secondary N) is 1. The van der Waals surface area contributed by atoms with E-state index in [4.69, 9.17) is 14.6 Å². The fourth-order valence-electron chi connectivity index (χ4n) is 3.54. The minimum absolute atomic E-state index is 0.00833. The number of nitrogens with zero attached hydrogens (tertiary/aromatic N) is 4. The van der Waals surface area contributed by atoms with Gasteiger partial charge in [-0.15, -0.1) is 0 Å². The summed E-state index contributed by atoms with van der Waals surface area (Å²) in [4.78, 5) is 26.2. The van der Waals surface area contributed by atoms with Crippen molar-refractivity contribution >= 4 is 23.4 Å². The van der Waals surface area contributed by atoms with Crippen LogP contribution in [0.25, 0.3) is 0 Å². The van der Waals surface area contributed by atoms with Gasteiger partial charge in [0.15, 0.2) is 17.3 Å². The predicted molar refractivity (Wildman–Crippen MR) is 120 cm³/mol. The van der Waals surface area contributed by atoms with E-state index in [1.807, 2.05) is 31.2 Å². The van der Waals surface area contributed by atoms with E-state index in [1.54, 1.807) is 18.5 Å². The van der Waals surface area contributed by atoms with Crippen LogP contribution in [0, 0.1) is 0 Å². The average molecular weight is 435 g/mol. The minimum Gasteiger partial charge on any atom is -0.490 e. The number of carboxylic acids is 1. The molecule has 3 heterocycles. The highest BCUT2D eigenvalue weighted by Gasteiger charge is 2.24. The summed E-state index contributed by atoms with van der Waals surface area (Å²) >= 11 is 0. The first-order chi connectivity index (χ1) is 15.6. The molecule has 2 N–H and O–H groups in total. The van der Waals surface area contributed by atoms with Crippen molar-refractivity contribution in [3.8, 4) is 11.5 Å². The van der Waals surface area contributed by atoms with Crippen LogP contribution in [-0.4, -0.2) is 51.8 Å². The van der Waals surface area contributed by atoms with Crippen molar-refractivity contribution in [1.82, 2.24) is 15.0 Å². The summed E-state index contributed by atoms with van der Waals surface area (Å²) in [6.07, 6.45) is 6.55. The minimum atomic E-state index is -1.02. The maximum Gasteiger partial charge on any atom is 0.337 e. The van der Waals surface area contributed by atoms with Gasteiger partial charge in [0, 0.05) is 12.7 Å². The number of piperidine rings is 1. The van der Waals surface area contributed by atoms with E-state index in [0.29, 0.717) is 24.8 Å². The van der Waals surface area contributed by atoms with Crippen LogP contribution in [0.4, 0.5) is 17.5 Å². The van der Waals surface area contributed by atoms with E-state index >= 15 is 0 Å². The monoisotopic (exact) mass is 435 g/mol. The molecule has 1 atom stereocenters. The zero-order valence-electron chi connectivity index (χ0n) is 17.8. The number of hydrogen-bond donors (Lipinski definition) is 2. The number of anilines is 3. The van der Waals surface area contributed by atoms with Crippen LogP contribution in [0.5, 0.6) is 11.5 Å². The fourth-order valence-corrected chi connectivity index (χ4v) is 3.54. The molecule has 4 rings (SSSR count). The van der Waals surface area contributed by atoms with Gasteiger partial charge in [0.1, 0.15) is 17.7 Å². The van der Waals surface area contributed by atoms with Crippen molar-refractivity contribution in [2.24, 2.45) is 0 Å². The highest BCUT2D eigenvalue weighted by molar-refractivity contribution is 5.87. The molecule has 1 aromatic carbocycles. The third-order valence-electron chi connectivity index (χ3n) is 5.03. The molecule has 166 valence electrons. The van der Waals surface area contributed by atoms with Gasteiger partial charge >= 0.3 is 5.97 Å². The lowest BCUT2D eigenvalue weighted by Crippen LogP contribution is -2.41. The Morgan fingerprint density at radius 2 is 2.00 bits per heavy atom. The lowest BCUT2D eigenvalue weighted by atomic mass is 10.1. The van der Waals surface area contributed by atoms with Gasteiger partial charge in [0.05, 0.1) is 31.1 Å². The van der Waals surface area contributed by atoms with Crippen molar-refractivity contribution in [2.45, 2.75) is 25.9 Å². The molecular weight excluding hydrogens is 410 g/mol. The maximum atomic E-state index is 11.0. The van der Waals surface area contributed by atoms with Gasteiger partial charge in [0.2, 0.25) is 0 Å². The van der Waals surface area contributed by atoms with Gasteiger partial charge in [-0.2, -0.15) is 0 Å². The molecular formula is C23H25N5O4. The predicted octanol–water partition coefficient (Wildman–Crippen LogP) is 3.76. The maximum absolute atomic E-state index is 11.0. The molecule has 2 aromatic heterocycles. The lowest BCUT2D eigenvalue weighted by Gasteiger charge is -2.33. The van der Waals surface area contributed by atoms with Gasteiger partial charge < -0.3 is 24.8 Å². The molecule has 1 aliphatic rings. The quantitative estimate of drug-likeness (QED) is 0.546. The number of para-hydroxylation sites is 2. The number of carbonyl (C=O) groups is 1. The van der Waals surface area contributed by atoms with E-state index < -0.39 is 5.97 Å². The SMILES string of the molecule is CCOc1ccccc1O[C@@H]1CCCN(c2cncc(Nc3ccc(C(=O)O)cn3)n2)C1. The molecule has 0 radical (unpaired) electrons. The average Bonchev–Trinajstić information content (AvgIpc) is 2.81. The highest BCUT2D eigenvalue weighted by atomic mass is 16.5. The molecule has 0 unspecified atom stereocenters. The summed E-state index contributed by atoms with van der Waals surface area (Å²) in [5.74, 6) is 2.25. The summed E-state index contributed by atoms with van der Waals surface area (Å²) in [5, 5.41) is 12.1. The second kappa shape index (κ2) is 9.95. The van der Waals surface area contributed by atoms with Gasteiger partial charge in [-0.25, -0.2) is 14.8 Å². The lowest BCUT2D eigenvalue weighted by molar-refractivity contribution is 0.0696. The fraction of sp³-hybridized carbons (Fsp3) is 0.304. The van der Waals surface area contributed by atoms with E-state index in [1.165, 1.54) is 12.3 Å². The van der Waals surface area contributed by atoms with Gasteiger partial charge in [-0.05, 0) is 44.0 Å². The Bertz CT molecular complexity index is 1060. The van der Waals surface area contributed by atoms with Gasteiger partial charge in [0.25, 0.3) is 0 Å². The Kier molecular flexibility index (Phi) is 6.64. The summed E-state index contributed by atoms with van der Waals surface area (Å²) in [6, 6.07) is 10.8. The molecule has 9 nitrogen and oxygen atoms in total. The standard InChI is InChI=1S/C23H25N5O4/c1-2-31-18-7-3-4-8-19(18)32-17-6-5-11-28(15-17)22-14-24-13-21(27-22)26-20-10-9-16(12-25-20)23(29)30/h3-4,7-10,12-14,17H,2,5-6,11,15H2,1H3,(H,29,30)(H,25,26,27)/t17-/m1/s1. The van der Waals surface area contributed by atoms with Crippen molar-refractivity contribution < 1.29 is 19.4 Å². The molecule has 0 aliphatic carbocycles. The molecule has 1 aliphatic heterocycles. The zero-order chi connectivity index (χ0) is 22.3. The first-order valence-electron chi connectivity index (χ1n) is 10.5. The molecule has 9 heteroatoms. The second-order valence-corrected chi connectivity index (χ2v) is 7.33. The van der Waals surface area contributed by atoms with Crippen LogP contribution in [-0.2, 0) is 0 Å². The smallest absolute Gasteiger partial charge is 0.337 e. The van der Waals surface area contributed by atoms with E-state index in [2.05, 4.69) is 25.2 Å². The van der Waals surface area contributed by atoms with E-state index in [9.17, 15) is 4.79 Å². The number of rotatable bonds is 8. The Morgan fingerprint density at radius 1 is 1.16 bits per heavy atom. The van der Waals surface area contributed by atoms with Crippen LogP contribution < -0.4 is 19.7 Å².